The first-order valence-electron chi connectivity index (χ1n) is 8.26. The lowest BCUT2D eigenvalue weighted by Gasteiger charge is -2.32. The molecule has 116 valence electrons. The maximum absolute atomic E-state index is 4.76. The third-order valence-electron chi connectivity index (χ3n) is 4.59. The fourth-order valence-electron chi connectivity index (χ4n) is 3.23. The van der Waals surface area contributed by atoms with Crippen molar-refractivity contribution in [1.82, 2.24) is 14.9 Å². The molecule has 0 amide bonds. The summed E-state index contributed by atoms with van der Waals surface area (Å²) >= 11 is 0. The molecule has 21 heavy (non-hydrogen) atoms. The van der Waals surface area contributed by atoms with Crippen molar-refractivity contribution >= 4 is 11.8 Å². The average molecular weight is 289 g/mol. The molecule has 0 unspecified atom stereocenters. The van der Waals surface area contributed by atoms with Gasteiger partial charge in [-0.05, 0) is 26.8 Å². The van der Waals surface area contributed by atoms with E-state index in [1.807, 2.05) is 0 Å². The van der Waals surface area contributed by atoms with Crippen LogP contribution in [-0.4, -0.2) is 54.1 Å². The minimum Gasteiger partial charge on any atom is -0.367 e. The summed E-state index contributed by atoms with van der Waals surface area (Å²) < 4.78 is 0. The molecule has 5 nitrogen and oxygen atoms in total. The molecule has 1 saturated heterocycles. The number of anilines is 2. The smallest absolute Gasteiger partial charge is 0.227 e. The number of nitrogens with zero attached hydrogens (tertiary/aromatic N) is 4. The zero-order chi connectivity index (χ0) is 14.7. The predicted octanol–water partition coefficient (Wildman–Crippen LogP) is 2.28. The van der Waals surface area contributed by atoms with E-state index in [0.29, 0.717) is 6.04 Å². The zero-order valence-corrected chi connectivity index (χ0v) is 13.3. The third kappa shape index (κ3) is 3.84. The summed E-state index contributed by atoms with van der Waals surface area (Å²) in [5.41, 5.74) is 1.05. The molecule has 0 radical (unpaired) electrons. The Kier molecular flexibility index (Phi) is 4.58. The van der Waals surface area contributed by atoms with Gasteiger partial charge in [-0.1, -0.05) is 19.3 Å². The average Bonchev–Trinajstić information content (AvgIpc) is 2.48. The number of aromatic nitrogens is 2. The monoisotopic (exact) mass is 289 g/mol. The van der Waals surface area contributed by atoms with Crippen molar-refractivity contribution in [1.29, 1.82) is 0 Å². The first-order valence-corrected chi connectivity index (χ1v) is 8.26. The van der Waals surface area contributed by atoms with Gasteiger partial charge in [0.15, 0.2) is 0 Å². The highest BCUT2D eigenvalue weighted by molar-refractivity contribution is 5.44. The quantitative estimate of drug-likeness (QED) is 0.925. The van der Waals surface area contributed by atoms with Crippen molar-refractivity contribution in [3.8, 4) is 0 Å². The van der Waals surface area contributed by atoms with E-state index in [9.17, 15) is 0 Å². The summed E-state index contributed by atoms with van der Waals surface area (Å²) in [5, 5.41) is 3.62. The molecule has 1 aliphatic carbocycles. The highest BCUT2D eigenvalue weighted by Gasteiger charge is 2.18. The molecule has 0 atom stereocenters. The Hall–Kier alpha value is -1.36. The van der Waals surface area contributed by atoms with Gasteiger partial charge < -0.3 is 15.1 Å². The number of rotatable bonds is 3. The molecule has 2 heterocycles. The second kappa shape index (κ2) is 6.60. The van der Waals surface area contributed by atoms with Crippen LogP contribution in [0.4, 0.5) is 11.8 Å². The lowest BCUT2D eigenvalue weighted by molar-refractivity contribution is 0.311. The Morgan fingerprint density at radius 1 is 1.05 bits per heavy atom. The molecule has 0 spiro atoms. The molecule has 1 saturated carbocycles. The third-order valence-corrected chi connectivity index (χ3v) is 4.59. The molecular weight excluding hydrogens is 262 g/mol. The summed E-state index contributed by atoms with van der Waals surface area (Å²) in [4.78, 5) is 14.1. The van der Waals surface area contributed by atoms with Crippen LogP contribution in [0.15, 0.2) is 6.07 Å². The van der Waals surface area contributed by atoms with Gasteiger partial charge in [0.25, 0.3) is 0 Å². The van der Waals surface area contributed by atoms with E-state index in [0.717, 1.165) is 43.6 Å². The van der Waals surface area contributed by atoms with Crippen LogP contribution in [0.5, 0.6) is 0 Å². The Morgan fingerprint density at radius 3 is 2.48 bits per heavy atom. The lowest BCUT2D eigenvalue weighted by Crippen LogP contribution is -2.45. The van der Waals surface area contributed by atoms with Gasteiger partial charge in [-0.15, -0.1) is 0 Å². The van der Waals surface area contributed by atoms with Crippen LogP contribution in [0.1, 0.15) is 37.8 Å². The van der Waals surface area contributed by atoms with Gasteiger partial charge in [-0.25, -0.2) is 4.98 Å². The van der Waals surface area contributed by atoms with Crippen LogP contribution in [-0.2, 0) is 0 Å². The molecule has 1 aromatic rings. The number of piperazine rings is 1. The number of aryl methyl sites for hydroxylation is 1. The van der Waals surface area contributed by atoms with Gasteiger partial charge in [0.2, 0.25) is 5.95 Å². The van der Waals surface area contributed by atoms with E-state index in [1.165, 1.54) is 32.1 Å². The first kappa shape index (κ1) is 14.6. The Balaban J connectivity index is 1.70. The van der Waals surface area contributed by atoms with Gasteiger partial charge in [0.05, 0.1) is 0 Å². The fourth-order valence-corrected chi connectivity index (χ4v) is 3.23. The maximum atomic E-state index is 4.76. The van der Waals surface area contributed by atoms with Crippen LogP contribution in [0.2, 0.25) is 0 Å². The van der Waals surface area contributed by atoms with E-state index < -0.39 is 0 Å². The Bertz CT molecular complexity index is 462. The van der Waals surface area contributed by atoms with E-state index in [4.69, 9.17) is 4.98 Å². The van der Waals surface area contributed by atoms with Crippen LogP contribution >= 0.6 is 0 Å². The fraction of sp³-hybridized carbons (Fsp3) is 0.750. The number of nitrogens with one attached hydrogen (secondary N) is 1. The van der Waals surface area contributed by atoms with E-state index >= 15 is 0 Å². The summed E-state index contributed by atoms with van der Waals surface area (Å²) in [6.07, 6.45) is 6.60. The largest absolute Gasteiger partial charge is 0.367 e. The number of hydrogen-bond acceptors (Lipinski definition) is 5. The van der Waals surface area contributed by atoms with Crippen LogP contribution in [0.3, 0.4) is 0 Å². The zero-order valence-electron chi connectivity index (χ0n) is 13.3. The van der Waals surface area contributed by atoms with Gasteiger partial charge in [-0.3, -0.25) is 0 Å². The van der Waals surface area contributed by atoms with Gasteiger partial charge in [0.1, 0.15) is 5.82 Å². The maximum Gasteiger partial charge on any atom is 0.227 e. The molecule has 2 fully saturated rings. The van der Waals surface area contributed by atoms with Gasteiger partial charge >= 0.3 is 0 Å². The second-order valence-electron chi connectivity index (χ2n) is 6.46. The van der Waals surface area contributed by atoms with Crippen LogP contribution < -0.4 is 10.2 Å². The first-order chi connectivity index (χ1) is 10.2. The molecule has 0 aromatic carbocycles. The standard InChI is InChI=1S/C16H27N5/c1-13-12-15(18-14-6-4-3-5-7-14)19-16(17-13)21-10-8-20(2)9-11-21/h12,14H,3-11H2,1-2H3,(H,17,18,19). The molecule has 3 rings (SSSR count). The van der Waals surface area contributed by atoms with Crippen molar-refractivity contribution in [2.45, 2.75) is 45.1 Å². The van der Waals surface area contributed by atoms with E-state index in [1.54, 1.807) is 0 Å². The lowest BCUT2D eigenvalue weighted by atomic mass is 9.95. The minimum absolute atomic E-state index is 0.591. The van der Waals surface area contributed by atoms with Crippen LogP contribution in [0.25, 0.3) is 0 Å². The minimum atomic E-state index is 0.591. The topological polar surface area (TPSA) is 44.3 Å². The molecule has 2 aliphatic rings. The highest BCUT2D eigenvalue weighted by atomic mass is 15.3. The van der Waals surface area contributed by atoms with Crippen molar-refractivity contribution in [3.05, 3.63) is 11.8 Å². The van der Waals surface area contributed by atoms with Crippen molar-refractivity contribution in [2.75, 3.05) is 43.4 Å². The Morgan fingerprint density at radius 2 is 1.76 bits per heavy atom. The Labute approximate surface area is 127 Å². The number of likely N-dealkylation sites (N-methyl/N-ethyl adjacent to an activating group) is 1. The molecule has 1 N–H and O–H groups in total. The van der Waals surface area contributed by atoms with Crippen molar-refractivity contribution in [2.24, 2.45) is 0 Å². The summed E-state index contributed by atoms with van der Waals surface area (Å²) in [5.74, 6) is 1.89. The molecular formula is C16H27N5. The molecule has 5 heteroatoms. The van der Waals surface area contributed by atoms with Gasteiger partial charge in [0, 0.05) is 44.0 Å². The second-order valence-corrected chi connectivity index (χ2v) is 6.46. The van der Waals surface area contributed by atoms with Crippen LogP contribution in [0, 0.1) is 6.92 Å². The number of hydrogen-bond donors (Lipinski definition) is 1. The highest BCUT2D eigenvalue weighted by Crippen LogP contribution is 2.22. The van der Waals surface area contributed by atoms with Crippen molar-refractivity contribution < 1.29 is 0 Å². The van der Waals surface area contributed by atoms with Crippen molar-refractivity contribution in [3.63, 3.8) is 0 Å². The van der Waals surface area contributed by atoms with E-state index in [2.05, 4.69) is 40.1 Å². The summed E-state index contributed by atoms with van der Waals surface area (Å²) in [6, 6.07) is 2.67. The normalized spacial score (nSPS) is 21.5. The predicted molar refractivity (Wildman–Crippen MR) is 87.0 cm³/mol. The summed E-state index contributed by atoms with van der Waals surface area (Å²) in [7, 11) is 2.17. The SMILES string of the molecule is Cc1cc(NC2CCCCC2)nc(N2CCN(C)CC2)n1. The summed E-state index contributed by atoms with van der Waals surface area (Å²) in [6.45, 7) is 6.27. The molecule has 1 aliphatic heterocycles. The molecule has 0 bridgehead atoms. The van der Waals surface area contributed by atoms with Gasteiger partial charge in [-0.2, -0.15) is 4.98 Å². The van der Waals surface area contributed by atoms with E-state index in [-0.39, 0.29) is 0 Å². The molecule has 1 aromatic heterocycles.